The van der Waals surface area contributed by atoms with Crippen molar-refractivity contribution in [3.63, 3.8) is 0 Å². The minimum Gasteiger partial charge on any atom is -0.354 e. The summed E-state index contributed by atoms with van der Waals surface area (Å²) >= 11 is 0. The van der Waals surface area contributed by atoms with Gasteiger partial charge in [-0.25, -0.2) is 12.8 Å². The van der Waals surface area contributed by atoms with Gasteiger partial charge in [-0.2, -0.15) is 0 Å². The van der Waals surface area contributed by atoms with Crippen molar-refractivity contribution in [2.24, 2.45) is 5.92 Å². The molecule has 0 saturated heterocycles. The molecule has 1 N–H and O–H groups in total. The number of nitrogens with zero attached hydrogens (tertiary/aromatic N) is 2. The summed E-state index contributed by atoms with van der Waals surface area (Å²) in [5, 5.41) is 2.91. The van der Waals surface area contributed by atoms with Gasteiger partial charge in [0.1, 0.15) is 18.4 Å². The van der Waals surface area contributed by atoms with Crippen LogP contribution < -0.4 is 9.62 Å². The third-order valence-corrected chi connectivity index (χ3v) is 7.71. The van der Waals surface area contributed by atoms with Gasteiger partial charge in [0.15, 0.2) is 0 Å². The number of halogens is 1. The molecule has 3 aromatic rings. The maximum atomic E-state index is 14.8. The molecule has 1 atom stereocenters. The molecule has 3 rings (SSSR count). The number of carbonyl (C=O) groups is 2. The van der Waals surface area contributed by atoms with Gasteiger partial charge in [0.2, 0.25) is 21.8 Å². The lowest BCUT2D eigenvalue weighted by molar-refractivity contribution is -0.140. The van der Waals surface area contributed by atoms with Crippen molar-refractivity contribution in [2.45, 2.75) is 46.2 Å². The molecule has 40 heavy (non-hydrogen) atoms. The van der Waals surface area contributed by atoms with E-state index in [1.165, 1.54) is 11.0 Å². The topological polar surface area (TPSA) is 86.8 Å². The summed E-state index contributed by atoms with van der Waals surface area (Å²) in [6.45, 7) is 5.56. The predicted octanol–water partition coefficient (Wildman–Crippen LogP) is 4.57. The van der Waals surface area contributed by atoms with Crippen molar-refractivity contribution in [1.82, 2.24) is 10.2 Å². The molecule has 0 saturated carbocycles. The van der Waals surface area contributed by atoms with E-state index in [1.54, 1.807) is 30.3 Å². The van der Waals surface area contributed by atoms with Crippen molar-refractivity contribution >= 4 is 27.5 Å². The fraction of sp³-hybridized carbons (Fsp3) is 0.355. The molecule has 0 aliphatic carbocycles. The van der Waals surface area contributed by atoms with E-state index in [0.29, 0.717) is 12.2 Å². The molecule has 0 radical (unpaired) electrons. The molecule has 3 aromatic carbocycles. The number of hydrogen-bond acceptors (Lipinski definition) is 4. The molecule has 0 fully saturated rings. The van der Waals surface area contributed by atoms with E-state index < -0.39 is 34.3 Å². The molecular weight excluding hydrogens is 529 g/mol. The zero-order valence-corrected chi connectivity index (χ0v) is 24.3. The Morgan fingerprint density at radius 1 is 0.900 bits per heavy atom. The Morgan fingerprint density at radius 3 is 2.10 bits per heavy atom. The Hall–Kier alpha value is -3.72. The normalized spacial score (nSPS) is 12.2. The highest BCUT2D eigenvalue weighted by atomic mass is 32.2. The molecule has 9 heteroatoms. The molecule has 0 heterocycles. The summed E-state index contributed by atoms with van der Waals surface area (Å²) in [7, 11) is -3.86. The quantitative estimate of drug-likeness (QED) is 0.328. The Bertz CT molecular complexity index is 1380. The summed E-state index contributed by atoms with van der Waals surface area (Å²) in [5.41, 5.74) is 2.40. The van der Waals surface area contributed by atoms with Crippen molar-refractivity contribution in [2.75, 3.05) is 23.7 Å². The average molecular weight is 568 g/mol. The predicted molar refractivity (Wildman–Crippen MR) is 157 cm³/mol. The van der Waals surface area contributed by atoms with E-state index in [4.69, 9.17) is 0 Å². The van der Waals surface area contributed by atoms with Crippen LogP contribution in [0.1, 0.15) is 37.5 Å². The Kier molecular flexibility index (Phi) is 10.8. The van der Waals surface area contributed by atoms with Crippen LogP contribution in [0.2, 0.25) is 0 Å². The van der Waals surface area contributed by atoms with Gasteiger partial charge in [0.05, 0.1) is 11.9 Å². The van der Waals surface area contributed by atoms with Crippen LogP contribution in [-0.4, -0.2) is 50.5 Å². The molecule has 7 nitrogen and oxygen atoms in total. The van der Waals surface area contributed by atoms with E-state index in [0.717, 1.165) is 28.1 Å². The van der Waals surface area contributed by atoms with E-state index in [1.807, 2.05) is 63.2 Å². The van der Waals surface area contributed by atoms with E-state index in [2.05, 4.69) is 5.32 Å². The van der Waals surface area contributed by atoms with E-state index in [-0.39, 0.29) is 30.4 Å². The lowest BCUT2D eigenvalue weighted by atomic mass is 10.0. The SMILES string of the molecule is CCc1ccc(N(CC(=O)N(Cc2ccccc2F)[C@@H](Cc2ccccc2)C(=O)NCC(C)C)S(C)(=O)=O)cc1. The van der Waals surface area contributed by atoms with Crippen LogP contribution >= 0.6 is 0 Å². The summed E-state index contributed by atoms with van der Waals surface area (Å²) in [4.78, 5) is 28.9. The molecule has 0 bridgehead atoms. The first-order valence-electron chi connectivity index (χ1n) is 13.4. The second-order valence-corrected chi connectivity index (χ2v) is 12.2. The smallest absolute Gasteiger partial charge is 0.244 e. The lowest BCUT2D eigenvalue weighted by Gasteiger charge is -2.33. The van der Waals surface area contributed by atoms with Crippen LogP contribution in [0.25, 0.3) is 0 Å². The largest absolute Gasteiger partial charge is 0.354 e. The van der Waals surface area contributed by atoms with Gasteiger partial charge in [-0.05, 0) is 41.7 Å². The Labute approximate surface area is 237 Å². The minimum atomic E-state index is -3.86. The molecule has 0 aliphatic heterocycles. The third-order valence-electron chi connectivity index (χ3n) is 6.57. The monoisotopic (exact) mass is 567 g/mol. The number of hydrogen-bond donors (Lipinski definition) is 1. The number of benzene rings is 3. The highest BCUT2D eigenvalue weighted by Crippen LogP contribution is 2.22. The van der Waals surface area contributed by atoms with Crippen LogP contribution in [0.15, 0.2) is 78.9 Å². The number of anilines is 1. The average Bonchev–Trinajstić information content (AvgIpc) is 2.93. The summed E-state index contributed by atoms with van der Waals surface area (Å²) < 4.78 is 41.5. The lowest BCUT2D eigenvalue weighted by Crippen LogP contribution is -2.53. The second-order valence-electron chi connectivity index (χ2n) is 10.2. The van der Waals surface area contributed by atoms with Gasteiger partial charge in [-0.1, -0.05) is 81.4 Å². The van der Waals surface area contributed by atoms with Gasteiger partial charge in [0.25, 0.3) is 0 Å². The highest BCUT2D eigenvalue weighted by Gasteiger charge is 2.33. The maximum Gasteiger partial charge on any atom is 0.244 e. The molecule has 0 aromatic heterocycles. The number of amides is 2. The fourth-order valence-corrected chi connectivity index (χ4v) is 5.15. The molecule has 0 spiro atoms. The standard InChI is InChI=1S/C31H38FN3O4S/c1-5-24-15-17-27(18-16-24)35(40(4,38)39)22-30(36)34(21-26-13-9-10-14-28(26)32)29(31(37)33-20-23(2)3)19-25-11-7-6-8-12-25/h6-18,23,29H,5,19-22H2,1-4H3,(H,33,37)/t29-/m0/s1. The summed E-state index contributed by atoms with van der Waals surface area (Å²) in [6.07, 6.45) is 1.99. The van der Waals surface area contributed by atoms with Crippen LogP contribution in [0.4, 0.5) is 10.1 Å². The number of rotatable bonds is 13. The zero-order valence-electron chi connectivity index (χ0n) is 23.5. The minimum absolute atomic E-state index is 0.170. The van der Waals surface area contributed by atoms with Gasteiger partial charge in [-0.3, -0.25) is 13.9 Å². The van der Waals surface area contributed by atoms with Gasteiger partial charge in [0, 0.05) is 25.1 Å². The van der Waals surface area contributed by atoms with Crippen LogP contribution in [-0.2, 0) is 39.0 Å². The molecule has 0 unspecified atom stereocenters. The Morgan fingerprint density at radius 2 is 1.52 bits per heavy atom. The second kappa shape index (κ2) is 14.1. The fourth-order valence-electron chi connectivity index (χ4n) is 4.30. The number of nitrogens with one attached hydrogen (secondary N) is 1. The molecule has 0 aliphatic rings. The molecule has 214 valence electrons. The summed E-state index contributed by atoms with van der Waals surface area (Å²) in [5.74, 6) is -1.35. The maximum absolute atomic E-state index is 14.8. The number of aryl methyl sites for hydroxylation is 1. The summed E-state index contributed by atoms with van der Waals surface area (Å²) in [6, 6.07) is 21.2. The molecule has 2 amide bonds. The number of carbonyl (C=O) groups excluding carboxylic acids is 2. The first-order chi connectivity index (χ1) is 19.0. The zero-order chi connectivity index (χ0) is 29.3. The first-order valence-corrected chi connectivity index (χ1v) is 15.3. The molecular formula is C31H38FN3O4S. The van der Waals surface area contributed by atoms with Crippen LogP contribution in [0.5, 0.6) is 0 Å². The van der Waals surface area contributed by atoms with Gasteiger partial charge >= 0.3 is 0 Å². The van der Waals surface area contributed by atoms with Crippen molar-refractivity contribution in [3.8, 4) is 0 Å². The Balaban J connectivity index is 2.04. The van der Waals surface area contributed by atoms with Crippen LogP contribution in [0, 0.1) is 11.7 Å². The van der Waals surface area contributed by atoms with Crippen molar-refractivity contribution in [3.05, 3.63) is 101 Å². The number of sulfonamides is 1. The first kappa shape index (κ1) is 30.8. The van der Waals surface area contributed by atoms with E-state index in [9.17, 15) is 22.4 Å². The van der Waals surface area contributed by atoms with Crippen LogP contribution in [0.3, 0.4) is 0 Å². The van der Waals surface area contributed by atoms with Crippen molar-refractivity contribution in [1.29, 1.82) is 0 Å². The third kappa shape index (κ3) is 8.64. The highest BCUT2D eigenvalue weighted by molar-refractivity contribution is 7.92. The van der Waals surface area contributed by atoms with Crippen molar-refractivity contribution < 1.29 is 22.4 Å². The van der Waals surface area contributed by atoms with Gasteiger partial charge in [-0.15, -0.1) is 0 Å². The van der Waals surface area contributed by atoms with Gasteiger partial charge < -0.3 is 10.2 Å². The van der Waals surface area contributed by atoms with E-state index >= 15 is 0 Å².